The molecule has 1 atom stereocenters. The van der Waals surface area contributed by atoms with E-state index in [4.69, 9.17) is 9.72 Å². The summed E-state index contributed by atoms with van der Waals surface area (Å²) in [6.07, 6.45) is 0.823. The Morgan fingerprint density at radius 2 is 1.94 bits per heavy atom. The topological polar surface area (TPSA) is 61.2 Å². The van der Waals surface area contributed by atoms with Gasteiger partial charge in [-0.05, 0) is 29.2 Å². The molecule has 2 aromatic heterocycles. The molecule has 2 aromatic carbocycles. The van der Waals surface area contributed by atoms with Crippen molar-refractivity contribution in [2.45, 2.75) is 44.7 Å². The number of hydrogen-bond donors (Lipinski definition) is 0. The van der Waals surface area contributed by atoms with Crippen LogP contribution in [0.4, 0.5) is 0 Å². The number of ether oxygens (including phenoxy) is 1. The number of thioether (sulfide) groups is 1. The molecule has 0 amide bonds. The van der Waals surface area contributed by atoms with Gasteiger partial charge in [-0.1, -0.05) is 84.0 Å². The van der Waals surface area contributed by atoms with Crippen molar-refractivity contribution >= 4 is 55.0 Å². The maximum atomic E-state index is 13.9. The number of carbonyl (C=O) groups excluding carboxylic acids is 1. The van der Waals surface area contributed by atoms with Crippen molar-refractivity contribution in [1.29, 1.82) is 0 Å². The third-order valence-electron chi connectivity index (χ3n) is 6.22. The van der Waals surface area contributed by atoms with Crippen molar-refractivity contribution in [3.63, 3.8) is 0 Å². The van der Waals surface area contributed by atoms with Crippen molar-refractivity contribution in [2.75, 3.05) is 5.75 Å². The minimum atomic E-state index is -0.0423. The van der Waals surface area contributed by atoms with Crippen LogP contribution in [0.25, 0.3) is 10.2 Å². The summed E-state index contributed by atoms with van der Waals surface area (Å²) >= 11 is 6.26. The number of carbonyl (C=O) groups is 1. The van der Waals surface area contributed by atoms with E-state index in [1.54, 1.807) is 16.7 Å². The highest BCUT2D eigenvalue weighted by Crippen LogP contribution is 2.36. The second kappa shape index (κ2) is 10.4. The molecule has 0 saturated carbocycles. The zero-order valence-corrected chi connectivity index (χ0v) is 22.7. The molecule has 0 fully saturated rings. The molecule has 5 nitrogen and oxygen atoms in total. The van der Waals surface area contributed by atoms with E-state index in [9.17, 15) is 9.59 Å². The van der Waals surface area contributed by atoms with Crippen LogP contribution in [0.5, 0.6) is 0 Å². The monoisotopic (exact) mass is 568 g/mol. The van der Waals surface area contributed by atoms with Crippen LogP contribution in [-0.4, -0.2) is 27.2 Å². The highest BCUT2D eigenvalue weighted by Gasteiger charge is 2.28. The fourth-order valence-electron chi connectivity index (χ4n) is 4.23. The molecular formula is C27H25BrN2O3S2. The van der Waals surface area contributed by atoms with Crippen LogP contribution in [0, 0.1) is 5.92 Å². The molecule has 3 heterocycles. The van der Waals surface area contributed by atoms with Crippen molar-refractivity contribution in [2.24, 2.45) is 5.92 Å². The normalized spacial score (nSPS) is 15.5. The highest BCUT2D eigenvalue weighted by atomic mass is 79.9. The minimum absolute atomic E-state index is 0.00163. The number of benzene rings is 2. The second-order valence-electron chi connectivity index (χ2n) is 8.97. The Balaban J connectivity index is 1.54. The van der Waals surface area contributed by atoms with E-state index < -0.39 is 0 Å². The number of nitrogens with zero attached hydrogens (tertiary/aromatic N) is 2. The number of thiophene rings is 1. The largest absolute Gasteiger partial charge is 0.372 e. The van der Waals surface area contributed by atoms with Crippen LogP contribution in [0.15, 0.2) is 69.0 Å². The van der Waals surface area contributed by atoms with Gasteiger partial charge in [-0.2, -0.15) is 0 Å². The quantitative estimate of drug-likeness (QED) is 0.148. The van der Waals surface area contributed by atoms with E-state index in [1.807, 2.05) is 42.5 Å². The van der Waals surface area contributed by atoms with Gasteiger partial charge in [-0.3, -0.25) is 14.2 Å². The number of rotatable bonds is 7. The van der Waals surface area contributed by atoms with Gasteiger partial charge >= 0.3 is 0 Å². The van der Waals surface area contributed by atoms with E-state index in [0.29, 0.717) is 35.2 Å². The van der Waals surface area contributed by atoms with Crippen molar-refractivity contribution in [3.8, 4) is 0 Å². The number of ketones is 1. The number of aromatic nitrogens is 2. The summed E-state index contributed by atoms with van der Waals surface area (Å²) in [5, 5.41) is 1.27. The summed E-state index contributed by atoms with van der Waals surface area (Å²) in [5.74, 6) is 0.580. The Morgan fingerprint density at radius 3 is 2.66 bits per heavy atom. The van der Waals surface area contributed by atoms with Gasteiger partial charge in [-0.25, -0.2) is 4.98 Å². The molecule has 1 aliphatic rings. The lowest BCUT2D eigenvalue weighted by Crippen LogP contribution is -2.29. The van der Waals surface area contributed by atoms with E-state index >= 15 is 0 Å². The fourth-order valence-corrected chi connectivity index (χ4v) is 6.56. The molecule has 0 aliphatic carbocycles. The zero-order chi connectivity index (χ0) is 24.5. The van der Waals surface area contributed by atoms with Crippen molar-refractivity contribution in [3.05, 3.63) is 91.0 Å². The molecular weight excluding hydrogens is 544 g/mol. The van der Waals surface area contributed by atoms with Gasteiger partial charge in [0.15, 0.2) is 10.9 Å². The second-order valence-corrected chi connectivity index (χ2v) is 11.9. The van der Waals surface area contributed by atoms with Crippen LogP contribution >= 0.6 is 39.0 Å². The van der Waals surface area contributed by atoms with Gasteiger partial charge in [0.2, 0.25) is 0 Å². The molecule has 0 N–H and O–H groups in total. The van der Waals surface area contributed by atoms with E-state index in [2.05, 4.69) is 29.8 Å². The van der Waals surface area contributed by atoms with Gasteiger partial charge < -0.3 is 4.74 Å². The summed E-state index contributed by atoms with van der Waals surface area (Å²) in [6.45, 7) is 5.22. The lowest BCUT2D eigenvalue weighted by molar-refractivity contribution is 0.00200. The van der Waals surface area contributed by atoms with E-state index in [0.717, 1.165) is 31.7 Å². The first-order valence-corrected chi connectivity index (χ1v) is 14.1. The van der Waals surface area contributed by atoms with E-state index in [1.165, 1.54) is 23.1 Å². The summed E-state index contributed by atoms with van der Waals surface area (Å²) in [6, 6.07) is 17.2. The molecule has 1 aliphatic heterocycles. The molecule has 35 heavy (non-hydrogen) atoms. The highest BCUT2D eigenvalue weighted by molar-refractivity contribution is 9.10. The standard InChI is InChI=1S/C27H25BrN2O3S2/c1-16(2)22-12-20-23(14-33-22)35-25-24(20)26(32)30(13-17-6-4-3-5-7-17)27(29-25)34-15-21(31)18-8-10-19(28)11-9-18/h3-11,16,22H,12-15H2,1-2H3/t22-/m0/s1. The SMILES string of the molecule is CC(C)[C@@H]1Cc2c(sc3nc(SCC(=O)c4ccc(Br)cc4)n(Cc4ccccc4)c(=O)c23)CO1. The summed E-state index contributed by atoms with van der Waals surface area (Å²) in [5.41, 5.74) is 2.70. The average molecular weight is 570 g/mol. The first-order chi connectivity index (χ1) is 16.9. The summed E-state index contributed by atoms with van der Waals surface area (Å²) in [4.78, 5) is 33.5. The van der Waals surface area contributed by atoms with Crippen LogP contribution < -0.4 is 5.56 Å². The van der Waals surface area contributed by atoms with Crippen molar-refractivity contribution in [1.82, 2.24) is 9.55 Å². The molecule has 0 unspecified atom stereocenters. The molecule has 5 rings (SSSR count). The Bertz CT molecular complexity index is 1430. The van der Waals surface area contributed by atoms with Crippen molar-refractivity contribution < 1.29 is 9.53 Å². The molecule has 4 aromatic rings. The Hall–Kier alpha value is -2.26. The molecule has 8 heteroatoms. The Kier molecular flexibility index (Phi) is 7.25. The van der Waals surface area contributed by atoms with Crippen LogP contribution in [0.2, 0.25) is 0 Å². The predicted molar refractivity (Wildman–Crippen MR) is 146 cm³/mol. The summed E-state index contributed by atoms with van der Waals surface area (Å²) < 4.78 is 8.70. The minimum Gasteiger partial charge on any atom is -0.372 e. The first-order valence-electron chi connectivity index (χ1n) is 11.5. The molecule has 0 spiro atoms. The van der Waals surface area contributed by atoms with Gasteiger partial charge in [0.05, 0.1) is 30.4 Å². The number of Topliss-reactive ketones (excluding diaryl/α,β-unsaturated/α-hetero) is 1. The van der Waals surface area contributed by atoms with Crippen LogP contribution in [0.1, 0.15) is 40.2 Å². The van der Waals surface area contributed by atoms with Crippen LogP contribution in [-0.2, 0) is 24.3 Å². The lowest BCUT2D eigenvalue weighted by atomic mass is 9.96. The Morgan fingerprint density at radius 1 is 1.20 bits per heavy atom. The van der Waals surface area contributed by atoms with E-state index in [-0.39, 0.29) is 23.2 Å². The number of fused-ring (bicyclic) bond motifs is 3. The third-order valence-corrected chi connectivity index (χ3v) is 8.82. The van der Waals surface area contributed by atoms with Gasteiger partial charge in [0.25, 0.3) is 5.56 Å². The van der Waals surface area contributed by atoms with Gasteiger partial charge in [0, 0.05) is 21.3 Å². The predicted octanol–water partition coefficient (Wildman–Crippen LogP) is 6.34. The number of hydrogen-bond acceptors (Lipinski definition) is 6. The average Bonchev–Trinajstić information content (AvgIpc) is 3.23. The van der Waals surface area contributed by atoms with Gasteiger partial charge in [0.1, 0.15) is 4.83 Å². The lowest BCUT2D eigenvalue weighted by Gasteiger charge is -2.26. The fraction of sp³-hybridized carbons (Fsp3) is 0.296. The maximum Gasteiger partial charge on any atom is 0.263 e. The zero-order valence-electron chi connectivity index (χ0n) is 19.5. The number of halogens is 1. The molecule has 0 radical (unpaired) electrons. The molecule has 0 bridgehead atoms. The van der Waals surface area contributed by atoms with Crippen LogP contribution in [0.3, 0.4) is 0 Å². The van der Waals surface area contributed by atoms with Gasteiger partial charge in [-0.15, -0.1) is 11.3 Å². The molecule has 180 valence electrons. The first kappa shape index (κ1) is 24.4. The maximum absolute atomic E-state index is 13.9. The summed E-state index contributed by atoms with van der Waals surface area (Å²) in [7, 11) is 0. The Labute approximate surface area is 220 Å². The third kappa shape index (κ3) is 5.16. The smallest absolute Gasteiger partial charge is 0.263 e. The molecule has 0 saturated heterocycles.